The molecule has 0 unspecified atom stereocenters. The molecule has 0 bridgehead atoms. The highest BCUT2D eigenvalue weighted by molar-refractivity contribution is 7.99. The van der Waals surface area contributed by atoms with Crippen molar-refractivity contribution in [3.63, 3.8) is 0 Å². The minimum Gasteiger partial charge on any atom is -0.267 e. The zero-order valence-corrected chi connectivity index (χ0v) is 13.3. The molecule has 5 nitrogen and oxygen atoms in total. The molecule has 0 saturated carbocycles. The summed E-state index contributed by atoms with van der Waals surface area (Å²) in [5.74, 6) is 1.40. The number of nitrogens with zero attached hydrogens (tertiary/aromatic N) is 4. The molecule has 4 aromatic rings. The number of aromatic nitrogens is 4. The fourth-order valence-corrected chi connectivity index (χ4v) is 3.30. The minimum absolute atomic E-state index is 0.141. The molecule has 0 aliphatic rings. The Morgan fingerprint density at radius 1 is 1.04 bits per heavy atom. The number of hydrogen-bond acceptors (Lipinski definition) is 4. The molecule has 23 heavy (non-hydrogen) atoms. The van der Waals surface area contributed by atoms with Crippen LogP contribution < -0.4 is 5.56 Å². The van der Waals surface area contributed by atoms with Crippen LogP contribution in [0.2, 0.25) is 0 Å². The van der Waals surface area contributed by atoms with Gasteiger partial charge < -0.3 is 0 Å². The molecule has 0 N–H and O–H groups in total. The first-order chi connectivity index (χ1) is 11.3. The summed E-state index contributed by atoms with van der Waals surface area (Å²) in [6.07, 6.45) is 0. The summed E-state index contributed by atoms with van der Waals surface area (Å²) in [5.41, 5.74) is 1.49. The van der Waals surface area contributed by atoms with E-state index in [1.54, 1.807) is 17.8 Å². The highest BCUT2D eigenvalue weighted by Crippen LogP contribution is 2.23. The average Bonchev–Trinajstić information content (AvgIpc) is 2.95. The molecule has 0 aliphatic heterocycles. The van der Waals surface area contributed by atoms with Crippen LogP contribution in [-0.4, -0.2) is 24.9 Å². The minimum atomic E-state index is -0.141. The molecule has 2 heterocycles. The van der Waals surface area contributed by atoms with Crippen LogP contribution in [-0.2, 0) is 0 Å². The fourth-order valence-electron chi connectivity index (χ4n) is 2.59. The van der Waals surface area contributed by atoms with Gasteiger partial charge in [0.15, 0.2) is 5.16 Å². The third-order valence-electron chi connectivity index (χ3n) is 3.60. The molecule has 0 spiro atoms. The van der Waals surface area contributed by atoms with Gasteiger partial charge in [-0.1, -0.05) is 49.0 Å². The highest BCUT2D eigenvalue weighted by atomic mass is 32.2. The smallest absolute Gasteiger partial charge is 0.267 e. The number of thioether (sulfide) groups is 1. The van der Waals surface area contributed by atoms with Crippen molar-refractivity contribution in [1.82, 2.24) is 19.2 Å². The first-order valence-corrected chi connectivity index (χ1v) is 8.37. The van der Waals surface area contributed by atoms with Crippen molar-refractivity contribution in [3.8, 4) is 5.69 Å². The largest absolute Gasteiger partial charge is 0.283 e. The lowest BCUT2D eigenvalue weighted by molar-refractivity contribution is 0.841. The van der Waals surface area contributed by atoms with E-state index in [9.17, 15) is 4.79 Å². The molecule has 0 fully saturated rings. The number of benzene rings is 2. The van der Waals surface area contributed by atoms with E-state index in [1.165, 1.54) is 4.52 Å². The third kappa shape index (κ3) is 2.22. The number of para-hydroxylation sites is 2. The Morgan fingerprint density at radius 3 is 2.57 bits per heavy atom. The predicted molar refractivity (Wildman–Crippen MR) is 92.5 cm³/mol. The summed E-state index contributed by atoms with van der Waals surface area (Å²) in [4.78, 5) is 17.4. The monoisotopic (exact) mass is 322 g/mol. The Hall–Kier alpha value is -2.60. The number of rotatable bonds is 3. The number of fused-ring (bicyclic) bond motifs is 2. The van der Waals surface area contributed by atoms with E-state index in [0.29, 0.717) is 16.7 Å². The maximum Gasteiger partial charge on any atom is 0.283 e. The lowest BCUT2D eigenvalue weighted by Crippen LogP contribution is -2.16. The number of hydrogen-bond donors (Lipinski definition) is 0. The van der Waals surface area contributed by atoms with E-state index in [1.807, 2.05) is 53.1 Å². The van der Waals surface area contributed by atoms with Gasteiger partial charge in [-0.05, 0) is 30.0 Å². The van der Waals surface area contributed by atoms with Crippen LogP contribution in [0.3, 0.4) is 0 Å². The van der Waals surface area contributed by atoms with E-state index in [-0.39, 0.29) is 5.56 Å². The van der Waals surface area contributed by atoms with E-state index in [0.717, 1.165) is 16.6 Å². The molecular formula is C17H14N4OS. The lowest BCUT2D eigenvalue weighted by atomic mass is 10.2. The second-order valence-corrected chi connectivity index (χ2v) is 6.26. The zero-order valence-electron chi connectivity index (χ0n) is 12.5. The zero-order chi connectivity index (χ0) is 15.8. The second kappa shape index (κ2) is 5.55. The van der Waals surface area contributed by atoms with Crippen LogP contribution in [0, 0.1) is 0 Å². The summed E-state index contributed by atoms with van der Waals surface area (Å²) < 4.78 is 3.33. The quantitative estimate of drug-likeness (QED) is 0.544. The van der Waals surface area contributed by atoms with Gasteiger partial charge in [0.05, 0.1) is 16.6 Å². The van der Waals surface area contributed by atoms with Gasteiger partial charge in [-0.15, -0.1) is 5.10 Å². The molecule has 114 valence electrons. The van der Waals surface area contributed by atoms with Crippen molar-refractivity contribution in [2.45, 2.75) is 12.1 Å². The first kappa shape index (κ1) is 14.0. The summed E-state index contributed by atoms with van der Waals surface area (Å²) in [6.45, 7) is 2.06. The van der Waals surface area contributed by atoms with E-state index >= 15 is 0 Å². The van der Waals surface area contributed by atoms with Crippen molar-refractivity contribution in [2.24, 2.45) is 0 Å². The Balaban J connectivity index is 2.14. The Labute approximate surface area is 136 Å². The van der Waals surface area contributed by atoms with Crippen molar-refractivity contribution >= 4 is 28.4 Å². The highest BCUT2D eigenvalue weighted by Gasteiger charge is 2.16. The van der Waals surface area contributed by atoms with Crippen LogP contribution in [0.15, 0.2) is 64.5 Å². The van der Waals surface area contributed by atoms with Gasteiger partial charge in [-0.2, -0.15) is 4.52 Å². The third-order valence-corrected chi connectivity index (χ3v) is 4.41. The van der Waals surface area contributed by atoms with Crippen LogP contribution >= 0.6 is 11.8 Å². The van der Waals surface area contributed by atoms with Crippen molar-refractivity contribution in [2.75, 3.05) is 5.75 Å². The molecular weight excluding hydrogens is 308 g/mol. The van der Waals surface area contributed by atoms with Crippen molar-refractivity contribution in [1.29, 1.82) is 0 Å². The molecule has 0 aliphatic carbocycles. The summed E-state index contributed by atoms with van der Waals surface area (Å²) in [7, 11) is 0. The van der Waals surface area contributed by atoms with E-state index in [2.05, 4.69) is 17.0 Å². The summed E-state index contributed by atoms with van der Waals surface area (Å²) in [6, 6.07) is 17.2. The van der Waals surface area contributed by atoms with Gasteiger partial charge in [0.25, 0.3) is 5.56 Å². The van der Waals surface area contributed by atoms with E-state index in [4.69, 9.17) is 0 Å². The van der Waals surface area contributed by atoms with E-state index < -0.39 is 0 Å². The lowest BCUT2D eigenvalue weighted by Gasteiger charge is -2.06. The molecule has 0 saturated heterocycles. The average molecular weight is 322 g/mol. The SMILES string of the molecule is CCSc1nn2c(=O)c3ccccc3nc2n1-c1ccccc1. The van der Waals surface area contributed by atoms with Crippen LogP contribution in [0.25, 0.3) is 22.4 Å². The predicted octanol–water partition coefficient (Wildman–Crippen LogP) is 3.15. The molecule has 6 heteroatoms. The summed E-state index contributed by atoms with van der Waals surface area (Å²) in [5, 5.41) is 5.84. The maximum atomic E-state index is 12.7. The first-order valence-electron chi connectivity index (χ1n) is 7.38. The van der Waals surface area contributed by atoms with Crippen LogP contribution in [0.1, 0.15) is 6.92 Å². The van der Waals surface area contributed by atoms with Gasteiger partial charge in [0.1, 0.15) is 0 Å². The Bertz CT molecular complexity index is 1050. The van der Waals surface area contributed by atoms with Gasteiger partial charge >= 0.3 is 0 Å². The van der Waals surface area contributed by atoms with Gasteiger partial charge in [-0.25, -0.2) is 4.98 Å². The molecule has 2 aromatic heterocycles. The standard InChI is InChI=1S/C17H14N4OS/c1-2-23-17-19-21-15(22)13-10-6-7-11-14(13)18-16(21)20(17)12-8-4-3-5-9-12/h3-11H,2H2,1H3. The van der Waals surface area contributed by atoms with Crippen LogP contribution in [0.5, 0.6) is 0 Å². The molecule has 0 atom stereocenters. The molecule has 4 rings (SSSR count). The van der Waals surface area contributed by atoms with Gasteiger partial charge in [0, 0.05) is 0 Å². The topological polar surface area (TPSA) is 52.2 Å². The Morgan fingerprint density at radius 2 is 1.78 bits per heavy atom. The Kier molecular flexibility index (Phi) is 3.38. The normalized spacial score (nSPS) is 11.3. The molecule has 0 radical (unpaired) electrons. The van der Waals surface area contributed by atoms with Crippen LogP contribution in [0.4, 0.5) is 0 Å². The maximum absolute atomic E-state index is 12.7. The van der Waals surface area contributed by atoms with Gasteiger partial charge in [0.2, 0.25) is 5.78 Å². The van der Waals surface area contributed by atoms with Crippen molar-refractivity contribution in [3.05, 3.63) is 65.0 Å². The van der Waals surface area contributed by atoms with Crippen molar-refractivity contribution < 1.29 is 0 Å². The van der Waals surface area contributed by atoms with Gasteiger partial charge in [-0.3, -0.25) is 9.36 Å². The second-order valence-electron chi connectivity index (χ2n) is 5.03. The fraction of sp³-hybridized carbons (Fsp3) is 0.118. The molecule has 0 amide bonds. The molecule has 2 aromatic carbocycles. The summed E-state index contributed by atoms with van der Waals surface area (Å²) >= 11 is 1.59.